The highest BCUT2D eigenvalue weighted by Crippen LogP contribution is 2.08. The minimum absolute atomic E-state index is 0.518. The summed E-state index contributed by atoms with van der Waals surface area (Å²) in [5, 5.41) is 9.62. The predicted octanol–water partition coefficient (Wildman–Crippen LogP) is 1.96. The number of hydrogen-bond acceptors (Lipinski definition) is 5. The highest BCUT2D eigenvalue weighted by atomic mass is 32.1. The van der Waals surface area contributed by atoms with Gasteiger partial charge in [0.1, 0.15) is 5.76 Å². The number of rotatable bonds is 5. The number of thiazole rings is 1. The van der Waals surface area contributed by atoms with Crippen LogP contribution in [0.25, 0.3) is 0 Å². The normalized spacial score (nSPS) is 11.7. The summed E-state index contributed by atoms with van der Waals surface area (Å²) in [5.74, 6) is 2.26. The average Bonchev–Trinajstić information content (AvgIpc) is 3.00. The first-order chi connectivity index (χ1) is 10.1. The topological polar surface area (TPSA) is 75.3 Å². The molecular weight excluding hydrogens is 286 g/mol. The number of nitrogens with one attached hydrogen (secondary N) is 2. The highest BCUT2D eigenvalue weighted by Gasteiger charge is 2.06. The zero-order chi connectivity index (χ0) is 15.2. The van der Waals surface area contributed by atoms with E-state index in [2.05, 4.69) is 31.0 Å². The molecule has 0 fully saturated rings. The lowest BCUT2D eigenvalue weighted by Gasteiger charge is -2.09. The summed E-state index contributed by atoms with van der Waals surface area (Å²) >= 11 is 1.67. The second-order valence-corrected chi connectivity index (χ2v) is 5.77. The Hall–Kier alpha value is -1.89. The molecule has 0 bridgehead atoms. The summed E-state index contributed by atoms with van der Waals surface area (Å²) in [5.41, 5.74) is 2.04. The third-order valence-electron chi connectivity index (χ3n) is 3.04. The van der Waals surface area contributed by atoms with Gasteiger partial charge in [-0.25, -0.2) is 9.97 Å². The summed E-state index contributed by atoms with van der Waals surface area (Å²) < 4.78 is 5.52. The van der Waals surface area contributed by atoms with E-state index in [-0.39, 0.29) is 0 Å². The van der Waals surface area contributed by atoms with Gasteiger partial charge < -0.3 is 15.1 Å². The van der Waals surface area contributed by atoms with E-state index in [9.17, 15) is 0 Å². The van der Waals surface area contributed by atoms with Crippen LogP contribution in [-0.4, -0.2) is 29.5 Å². The largest absolute Gasteiger partial charge is 0.444 e. The fourth-order valence-corrected chi connectivity index (χ4v) is 2.47. The fraction of sp³-hybridized carbons (Fsp3) is 0.500. The Morgan fingerprint density at radius 2 is 2.10 bits per heavy atom. The van der Waals surface area contributed by atoms with Gasteiger partial charge >= 0.3 is 0 Å². The van der Waals surface area contributed by atoms with E-state index in [1.807, 2.05) is 20.8 Å². The number of aryl methyl sites for hydroxylation is 3. The molecule has 0 aliphatic heterocycles. The fourth-order valence-electron chi connectivity index (χ4n) is 1.83. The van der Waals surface area contributed by atoms with Gasteiger partial charge in [-0.15, -0.1) is 11.3 Å². The lowest BCUT2D eigenvalue weighted by atomic mass is 10.3. The van der Waals surface area contributed by atoms with E-state index in [1.165, 1.54) is 0 Å². The lowest BCUT2D eigenvalue weighted by Crippen LogP contribution is -2.37. The van der Waals surface area contributed by atoms with Crippen molar-refractivity contribution in [3.8, 4) is 0 Å². The first-order valence-electron chi connectivity index (χ1n) is 6.87. The molecule has 0 aliphatic carbocycles. The van der Waals surface area contributed by atoms with Crippen molar-refractivity contribution >= 4 is 17.3 Å². The van der Waals surface area contributed by atoms with Crippen molar-refractivity contribution in [1.29, 1.82) is 0 Å². The Labute approximate surface area is 128 Å². The Morgan fingerprint density at radius 1 is 1.29 bits per heavy atom. The molecular formula is C14H21N5OS. The number of oxazole rings is 1. The molecule has 2 heterocycles. The van der Waals surface area contributed by atoms with Crippen LogP contribution in [0.5, 0.6) is 0 Å². The van der Waals surface area contributed by atoms with Crippen molar-refractivity contribution in [3.05, 3.63) is 33.4 Å². The maximum atomic E-state index is 5.52. The third-order valence-corrected chi connectivity index (χ3v) is 3.87. The van der Waals surface area contributed by atoms with Crippen LogP contribution < -0.4 is 10.6 Å². The van der Waals surface area contributed by atoms with Crippen molar-refractivity contribution in [1.82, 2.24) is 20.6 Å². The molecule has 2 aromatic rings. The van der Waals surface area contributed by atoms with Crippen LogP contribution in [0.2, 0.25) is 0 Å². The van der Waals surface area contributed by atoms with Crippen LogP contribution >= 0.6 is 11.3 Å². The molecule has 0 saturated heterocycles. The molecule has 0 amide bonds. The molecule has 0 aliphatic rings. The van der Waals surface area contributed by atoms with Crippen LogP contribution in [-0.2, 0) is 13.0 Å². The maximum absolute atomic E-state index is 5.52. The second-order valence-electron chi connectivity index (χ2n) is 4.71. The van der Waals surface area contributed by atoms with Gasteiger partial charge in [0.25, 0.3) is 0 Å². The highest BCUT2D eigenvalue weighted by molar-refractivity contribution is 7.09. The Balaban J connectivity index is 1.75. The van der Waals surface area contributed by atoms with Gasteiger partial charge in [-0.3, -0.25) is 4.99 Å². The monoisotopic (exact) mass is 307 g/mol. The van der Waals surface area contributed by atoms with Gasteiger partial charge in [0.2, 0.25) is 5.89 Å². The summed E-state index contributed by atoms with van der Waals surface area (Å²) in [6.45, 7) is 7.17. The molecule has 0 atom stereocenters. The van der Waals surface area contributed by atoms with E-state index in [1.54, 1.807) is 18.4 Å². The van der Waals surface area contributed by atoms with E-state index in [4.69, 9.17) is 4.42 Å². The molecule has 2 N–H and O–H groups in total. The van der Waals surface area contributed by atoms with Gasteiger partial charge in [0.15, 0.2) is 5.96 Å². The first kappa shape index (κ1) is 15.5. The number of aliphatic imine (C=N–C) groups is 1. The Kier molecular flexibility index (Phi) is 5.32. The predicted molar refractivity (Wildman–Crippen MR) is 84.7 cm³/mol. The lowest BCUT2D eigenvalue weighted by molar-refractivity contribution is 0.463. The zero-order valence-corrected chi connectivity index (χ0v) is 13.7. The van der Waals surface area contributed by atoms with Gasteiger partial charge in [-0.1, -0.05) is 0 Å². The Bertz CT molecular complexity index is 597. The van der Waals surface area contributed by atoms with Crippen LogP contribution in [0.4, 0.5) is 0 Å². The van der Waals surface area contributed by atoms with Crippen LogP contribution in [0.3, 0.4) is 0 Å². The summed E-state index contributed by atoms with van der Waals surface area (Å²) in [6, 6.07) is 0. The SMILES string of the molecule is CN=C(NCCc1csc(C)n1)NCc1nc(C)c(C)o1. The molecule has 0 unspecified atom stereocenters. The van der Waals surface area contributed by atoms with Gasteiger partial charge in [-0.2, -0.15) is 0 Å². The van der Waals surface area contributed by atoms with E-state index in [0.717, 1.165) is 41.1 Å². The smallest absolute Gasteiger partial charge is 0.214 e. The molecule has 0 saturated carbocycles. The number of nitrogens with zero attached hydrogens (tertiary/aromatic N) is 3. The molecule has 7 heteroatoms. The van der Waals surface area contributed by atoms with Crippen molar-refractivity contribution < 1.29 is 4.42 Å². The van der Waals surface area contributed by atoms with E-state index >= 15 is 0 Å². The van der Waals surface area contributed by atoms with E-state index < -0.39 is 0 Å². The summed E-state index contributed by atoms with van der Waals surface area (Å²) in [7, 11) is 1.74. The molecule has 6 nitrogen and oxygen atoms in total. The van der Waals surface area contributed by atoms with Crippen molar-refractivity contribution in [2.75, 3.05) is 13.6 Å². The van der Waals surface area contributed by atoms with E-state index in [0.29, 0.717) is 12.4 Å². The minimum Gasteiger partial charge on any atom is -0.444 e. The molecule has 0 aromatic carbocycles. The molecule has 0 spiro atoms. The standard InChI is InChI=1S/C14H21N5OS/c1-9-10(2)20-13(18-9)7-17-14(15-4)16-6-5-12-8-21-11(3)19-12/h8H,5-7H2,1-4H3,(H2,15,16,17). The molecule has 21 heavy (non-hydrogen) atoms. The second kappa shape index (κ2) is 7.21. The maximum Gasteiger partial charge on any atom is 0.214 e. The van der Waals surface area contributed by atoms with Crippen molar-refractivity contribution in [2.24, 2.45) is 4.99 Å². The number of hydrogen-bond donors (Lipinski definition) is 2. The van der Waals surface area contributed by atoms with Gasteiger partial charge in [0.05, 0.1) is 22.9 Å². The van der Waals surface area contributed by atoms with Gasteiger partial charge in [-0.05, 0) is 20.8 Å². The van der Waals surface area contributed by atoms with Crippen molar-refractivity contribution in [2.45, 2.75) is 33.7 Å². The van der Waals surface area contributed by atoms with Gasteiger partial charge in [0, 0.05) is 25.4 Å². The summed E-state index contributed by atoms with van der Waals surface area (Å²) in [6.07, 6.45) is 0.877. The quantitative estimate of drug-likeness (QED) is 0.652. The number of guanidine groups is 1. The molecule has 114 valence electrons. The zero-order valence-electron chi connectivity index (χ0n) is 12.9. The van der Waals surface area contributed by atoms with Crippen LogP contribution in [0.1, 0.15) is 28.0 Å². The molecule has 2 aromatic heterocycles. The molecule has 2 rings (SSSR count). The number of aromatic nitrogens is 2. The third kappa shape index (κ3) is 4.56. The Morgan fingerprint density at radius 3 is 2.67 bits per heavy atom. The first-order valence-corrected chi connectivity index (χ1v) is 7.75. The minimum atomic E-state index is 0.518. The van der Waals surface area contributed by atoms with Crippen molar-refractivity contribution in [3.63, 3.8) is 0 Å². The van der Waals surface area contributed by atoms with Crippen LogP contribution in [0.15, 0.2) is 14.8 Å². The van der Waals surface area contributed by atoms with Crippen LogP contribution in [0, 0.1) is 20.8 Å². The summed E-state index contributed by atoms with van der Waals surface area (Å²) in [4.78, 5) is 12.9. The molecule has 0 radical (unpaired) electrons. The average molecular weight is 307 g/mol.